The van der Waals surface area contributed by atoms with Crippen LogP contribution in [-0.2, 0) is 19.4 Å². The molecule has 5 nitrogen and oxygen atoms in total. The van der Waals surface area contributed by atoms with Crippen molar-refractivity contribution in [1.29, 1.82) is 5.26 Å². The zero-order valence-corrected chi connectivity index (χ0v) is 15.6. The van der Waals surface area contributed by atoms with Gasteiger partial charge in [0.15, 0.2) is 5.78 Å². The van der Waals surface area contributed by atoms with Gasteiger partial charge in [-0.1, -0.05) is 12.1 Å². The van der Waals surface area contributed by atoms with Crippen molar-refractivity contribution < 1.29 is 9.53 Å². The number of nitriles is 1. The first kappa shape index (κ1) is 18.0. The first-order valence-electron chi connectivity index (χ1n) is 9.50. The van der Waals surface area contributed by atoms with E-state index in [0.717, 1.165) is 47.4 Å². The summed E-state index contributed by atoms with van der Waals surface area (Å²) >= 11 is 0. The number of nitrogens with zero attached hydrogens (tertiary/aromatic N) is 3. The van der Waals surface area contributed by atoms with Gasteiger partial charge in [-0.15, -0.1) is 0 Å². The summed E-state index contributed by atoms with van der Waals surface area (Å²) in [5.41, 5.74) is 4.82. The van der Waals surface area contributed by atoms with Gasteiger partial charge in [0.1, 0.15) is 5.75 Å². The molecule has 0 radical (unpaired) electrons. The molecule has 1 aliphatic carbocycles. The summed E-state index contributed by atoms with van der Waals surface area (Å²) in [6, 6.07) is 15.5. The van der Waals surface area contributed by atoms with Gasteiger partial charge in [0.25, 0.3) is 0 Å². The summed E-state index contributed by atoms with van der Waals surface area (Å²) in [6.07, 6.45) is 6.93. The van der Waals surface area contributed by atoms with E-state index < -0.39 is 0 Å². The highest BCUT2D eigenvalue weighted by atomic mass is 16.5. The highest BCUT2D eigenvalue weighted by molar-refractivity contribution is 5.98. The number of ketones is 1. The van der Waals surface area contributed by atoms with Crippen LogP contribution in [-0.4, -0.2) is 21.9 Å². The van der Waals surface area contributed by atoms with Gasteiger partial charge in [-0.25, -0.2) is 4.98 Å². The summed E-state index contributed by atoms with van der Waals surface area (Å²) < 4.78 is 8.02. The lowest BCUT2D eigenvalue weighted by molar-refractivity contribution is 0.0972. The monoisotopic (exact) mass is 371 g/mol. The van der Waals surface area contributed by atoms with E-state index in [1.807, 2.05) is 55.0 Å². The first-order chi connectivity index (χ1) is 13.7. The molecule has 0 spiro atoms. The topological polar surface area (TPSA) is 67.9 Å². The van der Waals surface area contributed by atoms with Crippen LogP contribution in [0.25, 0.3) is 0 Å². The molecule has 0 bridgehead atoms. The van der Waals surface area contributed by atoms with Crippen molar-refractivity contribution in [2.45, 2.75) is 32.2 Å². The summed E-state index contributed by atoms with van der Waals surface area (Å²) in [4.78, 5) is 16.2. The van der Waals surface area contributed by atoms with Crippen LogP contribution in [0.1, 0.15) is 45.6 Å². The van der Waals surface area contributed by atoms with Crippen LogP contribution in [0.3, 0.4) is 0 Å². The second-order valence-corrected chi connectivity index (χ2v) is 7.02. The number of hydrogen-bond acceptors (Lipinski definition) is 4. The van der Waals surface area contributed by atoms with Crippen molar-refractivity contribution >= 4 is 5.78 Å². The number of imidazole rings is 1. The molecule has 0 aliphatic heterocycles. The average molecular weight is 371 g/mol. The number of carbonyl (C=O) groups is 1. The zero-order valence-electron chi connectivity index (χ0n) is 15.6. The van der Waals surface area contributed by atoms with E-state index in [1.54, 1.807) is 0 Å². The minimum Gasteiger partial charge on any atom is -0.493 e. The molecule has 0 saturated heterocycles. The van der Waals surface area contributed by atoms with E-state index in [-0.39, 0.29) is 5.78 Å². The molecule has 0 atom stereocenters. The molecular formula is C23H21N3O2. The third-order valence-corrected chi connectivity index (χ3v) is 5.09. The van der Waals surface area contributed by atoms with Crippen molar-refractivity contribution in [3.63, 3.8) is 0 Å². The van der Waals surface area contributed by atoms with Crippen LogP contribution in [0.2, 0.25) is 0 Å². The van der Waals surface area contributed by atoms with Gasteiger partial charge in [-0.3, -0.25) is 4.79 Å². The van der Waals surface area contributed by atoms with Gasteiger partial charge >= 0.3 is 0 Å². The summed E-state index contributed by atoms with van der Waals surface area (Å²) in [7, 11) is 0. The van der Waals surface area contributed by atoms with Crippen molar-refractivity contribution in [1.82, 2.24) is 9.55 Å². The number of benzene rings is 2. The number of aromatic nitrogens is 2. The third kappa shape index (κ3) is 3.96. The smallest absolute Gasteiger partial charge is 0.163 e. The maximum Gasteiger partial charge on any atom is 0.163 e. The molecule has 0 amide bonds. The predicted octanol–water partition coefficient (Wildman–Crippen LogP) is 3.94. The summed E-state index contributed by atoms with van der Waals surface area (Å²) in [5, 5.41) is 8.90. The van der Waals surface area contributed by atoms with Crippen LogP contribution in [0.15, 0.2) is 55.0 Å². The molecule has 0 fully saturated rings. The largest absolute Gasteiger partial charge is 0.493 e. The van der Waals surface area contributed by atoms with Gasteiger partial charge < -0.3 is 9.30 Å². The van der Waals surface area contributed by atoms with E-state index in [0.29, 0.717) is 25.1 Å². The lowest BCUT2D eigenvalue weighted by Crippen LogP contribution is -2.11. The molecule has 140 valence electrons. The maximum atomic E-state index is 11.9. The lowest BCUT2D eigenvalue weighted by atomic mass is 9.90. The fourth-order valence-corrected chi connectivity index (χ4v) is 3.57. The normalized spacial score (nSPS) is 13.0. The molecule has 0 unspecified atom stereocenters. The zero-order chi connectivity index (χ0) is 19.3. The highest BCUT2D eigenvalue weighted by Gasteiger charge is 2.17. The van der Waals surface area contributed by atoms with Crippen molar-refractivity contribution in [2.75, 3.05) is 6.61 Å². The van der Waals surface area contributed by atoms with Gasteiger partial charge in [0.2, 0.25) is 0 Å². The molecule has 0 N–H and O–H groups in total. The van der Waals surface area contributed by atoms with Crippen molar-refractivity contribution in [3.8, 4) is 11.8 Å². The quantitative estimate of drug-likeness (QED) is 0.658. The van der Waals surface area contributed by atoms with E-state index in [2.05, 4.69) is 15.6 Å². The SMILES string of the molecule is N#Cc1ccc(Cn2cncc2CCOc2ccc3c(c2)CCCC3=O)cc1. The van der Waals surface area contributed by atoms with Crippen molar-refractivity contribution in [2.24, 2.45) is 0 Å². The van der Waals surface area contributed by atoms with Gasteiger partial charge in [-0.05, 0) is 54.3 Å². The molecular weight excluding hydrogens is 350 g/mol. The van der Waals surface area contributed by atoms with Gasteiger partial charge in [0.05, 0.1) is 24.6 Å². The molecule has 4 rings (SSSR count). The molecule has 3 aromatic rings. The number of rotatable bonds is 6. The Kier molecular flexibility index (Phi) is 5.20. The fourth-order valence-electron chi connectivity index (χ4n) is 3.57. The second kappa shape index (κ2) is 8.10. The number of hydrogen-bond donors (Lipinski definition) is 0. The average Bonchev–Trinajstić information content (AvgIpc) is 3.15. The van der Waals surface area contributed by atoms with E-state index >= 15 is 0 Å². The summed E-state index contributed by atoms with van der Waals surface area (Å²) in [5.74, 6) is 1.05. The Morgan fingerprint density at radius 2 is 2.00 bits per heavy atom. The molecule has 1 aliphatic rings. The van der Waals surface area contributed by atoms with Crippen LogP contribution in [0.5, 0.6) is 5.75 Å². The van der Waals surface area contributed by atoms with Crippen LogP contribution in [0.4, 0.5) is 0 Å². The maximum absolute atomic E-state index is 11.9. The van der Waals surface area contributed by atoms with Gasteiger partial charge in [-0.2, -0.15) is 5.26 Å². The summed E-state index contributed by atoms with van der Waals surface area (Å²) in [6.45, 7) is 1.26. The fraction of sp³-hybridized carbons (Fsp3) is 0.261. The molecule has 28 heavy (non-hydrogen) atoms. The first-order valence-corrected chi connectivity index (χ1v) is 9.50. The molecule has 1 aromatic heterocycles. The predicted molar refractivity (Wildman–Crippen MR) is 105 cm³/mol. The Morgan fingerprint density at radius 3 is 2.82 bits per heavy atom. The molecule has 2 aromatic carbocycles. The van der Waals surface area contributed by atoms with E-state index in [1.165, 1.54) is 0 Å². The van der Waals surface area contributed by atoms with Gasteiger partial charge in [0, 0.05) is 36.8 Å². The number of aryl methyl sites for hydroxylation is 1. The lowest BCUT2D eigenvalue weighted by Gasteiger charge is -2.16. The Balaban J connectivity index is 1.36. The third-order valence-electron chi connectivity index (χ3n) is 5.09. The number of carbonyl (C=O) groups excluding carboxylic acids is 1. The van der Waals surface area contributed by atoms with E-state index in [9.17, 15) is 4.79 Å². The van der Waals surface area contributed by atoms with Crippen molar-refractivity contribution in [3.05, 3.63) is 82.9 Å². The standard InChI is InChI=1S/C23H21N3O2/c24-13-17-4-6-18(7-5-17)15-26-16-25-14-20(26)10-11-28-21-8-9-22-19(12-21)2-1-3-23(22)27/h4-9,12,14,16H,1-3,10-11,15H2. The Morgan fingerprint density at radius 1 is 1.14 bits per heavy atom. The van der Waals surface area contributed by atoms with E-state index in [4.69, 9.17) is 10.00 Å². The Hall–Kier alpha value is -3.39. The Bertz CT molecular complexity index is 1030. The minimum absolute atomic E-state index is 0.236. The minimum atomic E-state index is 0.236. The number of fused-ring (bicyclic) bond motifs is 1. The number of Topliss-reactive ketones (excluding diaryl/α,β-unsaturated/α-hetero) is 1. The van der Waals surface area contributed by atoms with Crippen LogP contribution in [0, 0.1) is 11.3 Å². The van der Waals surface area contributed by atoms with Crippen LogP contribution >= 0.6 is 0 Å². The Labute approximate surface area is 164 Å². The highest BCUT2D eigenvalue weighted by Crippen LogP contribution is 2.25. The second-order valence-electron chi connectivity index (χ2n) is 7.02. The number of ether oxygens (including phenoxy) is 1. The molecule has 0 saturated carbocycles. The molecule has 1 heterocycles. The molecule has 5 heteroatoms. The van der Waals surface area contributed by atoms with Crippen LogP contribution < -0.4 is 4.74 Å².